The highest BCUT2D eigenvalue weighted by Gasteiger charge is 2.20. The molecule has 0 atom stereocenters. The smallest absolute Gasteiger partial charge is 0.140 e. The molecule has 3 heteroatoms. The zero-order valence-corrected chi connectivity index (χ0v) is 8.62. The number of hydrogen-bond acceptors (Lipinski definition) is 3. The molecule has 2 rings (SSSR count). The summed E-state index contributed by atoms with van der Waals surface area (Å²) in [5.74, 6) is 0.341. The van der Waals surface area contributed by atoms with Crippen molar-refractivity contribution in [2.45, 2.75) is 19.9 Å². The summed E-state index contributed by atoms with van der Waals surface area (Å²) in [6.45, 7) is 6.22. The molecule has 1 aromatic carbocycles. The van der Waals surface area contributed by atoms with Gasteiger partial charge in [0, 0.05) is 19.1 Å². The number of fused-ring (bicyclic) bond motifs is 1. The Balaban J connectivity index is 2.44. The maximum Gasteiger partial charge on any atom is 0.140 e. The Hall–Kier alpha value is -1.38. The molecular weight excluding hydrogens is 176 g/mol. The normalized spacial score (nSPS) is 15.2. The van der Waals surface area contributed by atoms with Crippen LogP contribution in [0, 0.1) is 0 Å². The first kappa shape index (κ1) is 9.19. The average Bonchev–Trinajstić information content (AvgIpc) is 2.17. The van der Waals surface area contributed by atoms with E-state index in [1.54, 1.807) is 6.07 Å². The maximum atomic E-state index is 9.67. The number of rotatable bonds is 1. The molecule has 1 heterocycles. The van der Waals surface area contributed by atoms with Crippen molar-refractivity contribution in [1.29, 1.82) is 0 Å². The van der Waals surface area contributed by atoms with Gasteiger partial charge in [0.2, 0.25) is 0 Å². The first-order valence-corrected chi connectivity index (χ1v) is 5.02. The van der Waals surface area contributed by atoms with Crippen LogP contribution in [0.25, 0.3) is 0 Å². The first-order chi connectivity index (χ1) is 6.70. The Bertz CT molecular complexity index is 336. The minimum Gasteiger partial charge on any atom is -0.506 e. The molecule has 1 aliphatic rings. The third-order valence-corrected chi connectivity index (χ3v) is 2.61. The Morgan fingerprint density at radius 3 is 2.93 bits per heavy atom. The summed E-state index contributed by atoms with van der Waals surface area (Å²) in [4.78, 5) is 2.30. The van der Waals surface area contributed by atoms with E-state index in [1.165, 1.54) is 0 Å². The second-order valence-electron chi connectivity index (χ2n) is 3.89. The van der Waals surface area contributed by atoms with Crippen molar-refractivity contribution < 1.29 is 5.11 Å². The largest absolute Gasteiger partial charge is 0.506 e. The van der Waals surface area contributed by atoms with Gasteiger partial charge >= 0.3 is 0 Å². The Morgan fingerprint density at radius 1 is 1.43 bits per heavy atom. The SMILES string of the molecule is CC(C)N1CCNc2c(O)cccc21. The molecule has 0 fully saturated rings. The summed E-state index contributed by atoms with van der Waals surface area (Å²) >= 11 is 0. The summed E-state index contributed by atoms with van der Waals surface area (Å²) in [5.41, 5.74) is 1.97. The lowest BCUT2D eigenvalue weighted by Crippen LogP contribution is -2.38. The quantitative estimate of drug-likeness (QED) is 0.668. The number of anilines is 2. The minimum atomic E-state index is 0.341. The number of hydrogen-bond donors (Lipinski definition) is 2. The van der Waals surface area contributed by atoms with Crippen LogP contribution in [0.1, 0.15) is 13.8 Å². The van der Waals surface area contributed by atoms with Crippen LogP contribution < -0.4 is 10.2 Å². The number of nitrogens with one attached hydrogen (secondary N) is 1. The van der Waals surface area contributed by atoms with E-state index in [4.69, 9.17) is 0 Å². The molecule has 76 valence electrons. The van der Waals surface area contributed by atoms with Gasteiger partial charge in [-0.15, -0.1) is 0 Å². The molecule has 0 aliphatic carbocycles. The predicted molar refractivity (Wildman–Crippen MR) is 59.1 cm³/mol. The van der Waals surface area contributed by atoms with Crippen LogP contribution in [0.4, 0.5) is 11.4 Å². The van der Waals surface area contributed by atoms with Crippen LogP contribution in [0.5, 0.6) is 5.75 Å². The topological polar surface area (TPSA) is 35.5 Å². The summed E-state index contributed by atoms with van der Waals surface area (Å²) < 4.78 is 0. The van der Waals surface area contributed by atoms with Crippen molar-refractivity contribution in [2.75, 3.05) is 23.3 Å². The lowest BCUT2D eigenvalue weighted by molar-refractivity contribution is 0.476. The fourth-order valence-electron chi connectivity index (χ4n) is 1.91. The molecule has 0 radical (unpaired) electrons. The van der Waals surface area contributed by atoms with Crippen LogP contribution >= 0.6 is 0 Å². The third-order valence-electron chi connectivity index (χ3n) is 2.61. The van der Waals surface area contributed by atoms with Crippen LogP contribution in [0.3, 0.4) is 0 Å². The lowest BCUT2D eigenvalue weighted by atomic mass is 10.1. The molecule has 14 heavy (non-hydrogen) atoms. The highest BCUT2D eigenvalue weighted by molar-refractivity contribution is 5.78. The van der Waals surface area contributed by atoms with E-state index in [0.717, 1.165) is 24.5 Å². The predicted octanol–water partition coefficient (Wildman–Crippen LogP) is 2.03. The molecule has 0 spiro atoms. The van der Waals surface area contributed by atoms with E-state index in [0.29, 0.717) is 11.8 Å². The molecular formula is C11H16N2O. The fourth-order valence-corrected chi connectivity index (χ4v) is 1.91. The number of benzene rings is 1. The van der Waals surface area contributed by atoms with Gasteiger partial charge in [-0.3, -0.25) is 0 Å². The second kappa shape index (κ2) is 3.40. The van der Waals surface area contributed by atoms with Gasteiger partial charge in [-0.1, -0.05) is 6.07 Å². The van der Waals surface area contributed by atoms with E-state index in [2.05, 4.69) is 24.1 Å². The number of nitrogens with zero attached hydrogens (tertiary/aromatic N) is 1. The average molecular weight is 192 g/mol. The number of aromatic hydroxyl groups is 1. The molecule has 0 saturated carbocycles. The highest BCUT2D eigenvalue weighted by atomic mass is 16.3. The Labute approximate surface area is 84.4 Å². The zero-order chi connectivity index (χ0) is 10.1. The molecule has 0 unspecified atom stereocenters. The van der Waals surface area contributed by atoms with Crippen molar-refractivity contribution in [3.05, 3.63) is 18.2 Å². The maximum absolute atomic E-state index is 9.67. The molecule has 0 bridgehead atoms. The molecule has 0 saturated heterocycles. The van der Waals surface area contributed by atoms with Gasteiger partial charge in [0.05, 0.1) is 5.69 Å². The van der Waals surface area contributed by atoms with Crippen molar-refractivity contribution in [3.63, 3.8) is 0 Å². The van der Waals surface area contributed by atoms with Crippen molar-refractivity contribution in [3.8, 4) is 5.75 Å². The van der Waals surface area contributed by atoms with E-state index < -0.39 is 0 Å². The van der Waals surface area contributed by atoms with Crippen LogP contribution in [-0.4, -0.2) is 24.2 Å². The molecule has 1 aromatic rings. The number of phenolic OH excluding ortho intramolecular Hbond substituents is 1. The van der Waals surface area contributed by atoms with Crippen molar-refractivity contribution in [1.82, 2.24) is 0 Å². The summed E-state index contributed by atoms with van der Waals surface area (Å²) in [5, 5.41) is 12.9. The van der Waals surface area contributed by atoms with Gasteiger partial charge in [0.1, 0.15) is 11.4 Å². The van der Waals surface area contributed by atoms with E-state index in [-0.39, 0.29) is 0 Å². The van der Waals surface area contributed by atoms with Gasteiger partial charge in [0.25, 0.3) is 0 Å². The standard InChI is InChI=1S/C11H16N2O/c1-8(2)13-7-6-12-11-9(13)4-3-5-10(11)14/h3-5,8,12,14H,6-7H2,1-2H3. The number of phenols is 1. The van der Waals surface area contributed by atoms with Gasteiger partial charge in [0.15, 0.2) is 0 Å². The van der Waals surface area contributed by atoms with Gasteiger partial charge in [-0.05, 0) is 26.0 Å². The second-order valence-corrected chi connectivity index (χ2v) is 3.89. The van der Waals surface area contributed by atoms with E-state index in [9.17, 15) is 5.11 Å². The Morgan fingerprint density at radius 2 is 2.21 bits per heavy atom. The highest BCUT2D eigenvalue weighted by Crippen LogP contribution is 2.36. The third kappa shape index (κ3) is 1.39. The molecule has 3 nitrogen and oxygen atoms in total. The van der Waals surface area contributed by atoms with E-state index in [1.807, 2.05) is 12.1 Å². The van der Waals surface area contributed by atoms with Gasteiger partial charge < -0.3 is 15.3 Å². The zero-order valence-electron chi connectivity index (χ0n) is 8.62. The van der Waals surface area contributed by atoms with Crippen LogP contribution in [0.15, 0.2) is 18.2 Å². The molecule has 2 N–H and O–H groups in total. The fraction of sp³-hybridized carbons (Fsp3) is 0.455. The molecule has 1 aliphatic heterocycles. The lowest BCUT2D eigenvalue weighted by Gasteiger charge is -2.35. The number of para-hydroxylation sites is 1. The van der Waals surface area contributed by atoms with Crippen LogP contribution in [0.2, 0.25) is 0 Å². The summed E-state index contributed by atoms with van der Waals surface area (Å²) in [7, 11) is 0. The van der Waals surface area contributed by atoms with Gasteiger partial charge in [-0.2, -0.15) is 0 Å². The summed E-state index contributed by atoms with van der Waals surface area (Å²) in [6.07, 6.45) is 0. The minimum absolute atomic E-state index is 0.341. The van der Waals surface area contributed by atoms with Gasteiger partial charge in [-0.25, -0.2) is 0 Å². The molecule has 0 amide bonds. The Kier molecular flexibility index (Phi) is 2.23. The molecule has 0 aromatic heterocycles. The van der Waals surface area contributed by atoms with Crippen LogP contribution in [-0.2, 0) is 0 Å². The summed E-state index contributed by atoms with van der Waals surface area (Å²) in [6, 6.07) is 6.12. The monoisotopic (exact) mass is 192 g/mol. The first-order valence-electron chi connectivity index (χ1n) is 5.02. The van der Waals surface area contributed by atoms with Crippen molar-refractivity contribution in [2.24, 2.45) is 0 Å². The van der Waals surface area contributed by atoms with E-state index >= 15 is 0 Å². The van der Waals surface area contributed by atoms with Crippen molar-refractivity contribution >= 4 is 11.4 Å².